The van der Waals surface area contributed by atoms with Gasteiger partial charge in [-0.15, -0.1) is 0 Å². The molecule has 0 aliphatic heterocycles. The summed E-state index contributed by atoms with van der Waals surface area (Å²) in [6, 6.07) is 7.90. The minimum Gasteiger partial charge on any atom is -0.298 e. The number of unbranched alkanes of at least 4 members (excludes halogenated alkanes) is 6. The number of aldehydes is 1. The molecule has 0 spiro atoms. The Kier molecular flexibility index (Phi) is 9.56. The average Bonchev–Trinajstić information content (AvgIpc) is 2.49. The molecular weight excluding hydrogens is 244 g/mol. The van der Waals surface area contributed by atoms with Gasteiger partial charge in [0, 0.05) is 5.56 Å². The summed E-state index contributed by atoms with van der Waals surface area (Å²) in [5.74, 6) is 0. The minimum atomic E-state index is 0.846. The van der Waals surface area contributed by atoms with Gasteiger partial charge in [0.15, 0.2) is 0 Å². The molecule has 1 heteroatoms. The van der Waals surface area contributed by atoms with Crippen LogP contribution in [0.25, 0.3) is 0 Å². The Morgan fingerprint density at radius 2 is 1.60 bits per heavy atom. The summed E-state index contributed by atoms with van der Waals surface area (Å²) < 4.78 is 0. The number of carbonyl (C=O) groups is 1. The van der Waals surface area contributed by atoms with Gasteiger partial charge >= 0.3 is 0 Å². The van der Waals surface area contributed by atoms with Crippen molar-refractivity contribution in [2.75, 3.05) is 0 Å². The van der Waals surface area contributed by atoms with Crippen LogP contribution >= 0.6 is 0 Å². The zero-order chi connectivity index (χ0) is 14.5. The molecule has 20 heavy (non-hydrogen) atoms. The molecule has 1 aromatic carbocycles. The van der Waals surface area contributed by atoms with Crippen molar-refractivity contribution in [1.82, 2.24) is 0 Å². The summed E-state index contributed by atoms with van der Waals surface area (Å²) in [5, 5.41) is 0. The molecule has 0 heterocycles. The van der Waals surface area contributed by atoms with Crippen LogP contribution in [0.1, 0.15) is 74.2 Å². The van der Waals surface area contributed by atoms with Gasteiger partial charge in [-0.2, -0.15) is 0 Å². The molecule has 0 aromatic heterocycles. The second kappa shape index (κ2) is 11.5. The van der Waals surface area contributed by atoms with Gasteiger partial charge in [-0.05, 0) is 44.1 Å². The second-order valence-corrected chi connectivity index (χ2v) is 5.38. The number of hydrogen-bond acceptors (Lipinski definition) is 1. The van der Waals surface area contributed by atoms with E-state index in [4.69, 9.17) is 0 Å². The summed E-state index contributed by atoms with van der Waals surface area (Å²) in [5.41, 5.74) is 2.03. The van der Waals surface area contributed by atoms with Gasteiger partial charge in [-0.25, -0.2) is 0 Å². The molecule has 0 N–H and O–H groups in total. The summed E-state index contributed by atoms with van der Waals surface area (Å²) >= 11 is 0. The third-order valence-corrected chi connectivity index (χ3v) is 3.64. The number of carbonyl (C=O) groups excluding carboxylic acids is 1. The molecule has 0 bridgehead atoms. The minimum absolute atomic E-state index is 0.846. The molecule has 0 atom stereocenters. The first-order valence-corrected chi connectivity index (χ1v) is 8.06. The Hall–Kier alpha value is -1.37. The van der Waals surface area contributed by atoms with E-state index >= 15 is 0 Å². The number of rotatable bonds is 11. The quantitative estimate of drug-likeness (QED) is 0.285. The van der Waals surface area contributed by atoms with Crippen molar-refractivity contribution in [2.45, 2.75) is 64.7 Å². The highest BCUT2D eigenvalue weighted by Crippen LogP contribution is 2.11. The SMILES string of the molecule is CCCCCCC=CCCCCc1ccccc1C=O. The number of benzene rings is 1. The molecule has 1 nitrogen and oxygen atoms in total. The average molecular weight is 272 g/mol. The first kappa shape index (κ1) is 16.7. The van der Waals surface area contributed by atoms with Crippen LogP contribution in [0.2, 0.25) is 0 Å². The molecule has 110 valence electrons. The van der Waals surface area contributed by atoms with Crippen LogP contribution in [-0.4, -0.2) is 6.29 Å². The van der Waals surface area contributed by atoms with Crippen molar-refractivity contribution < 1.29 is 4.79 Å². The van der Waals surface area contributed by atoms with E-state index in [-0.39, 0.29) is 0 Å². The normalized spacial score (nSPS) is 11.1. The lowest BCUT2D eigenvalue weighted by Gasteiger charge is -2.03. The van der Waals surface area contributed by atoms with Crippen LogP contribution in [0, 0.1) is 0 Å². The molecule has 0 saturated heterocycles. The molecule has 0 aliphatic rings. The predicted octanol–water partition coefficient (Wildman–Crippen LogP) is 5.74. The Balaban J connectivity index is 2.07. The molecule has 0 radical (unpaired) electrons. The topological polar surface area (TPSA) is 17.1 Å². The zero-order valence-electron chi connectivity index (χ0n) is 12.8. The van der Waals surface area contributed by atoms with Crippen molar-refractivity contribution in [1.29, 1.82) is 0 Å². The van der Waals surface area contributed by atoms with Crippen molar-refractivity contribution in [3.05, 3.63) is 47.5 Å². The van der Waals surface area contributed by atoms with E-state index in [2.05, 4.69) is 25.1 Å². The van der Waals surface area contributed by atoms with Crippen molar-refractivity contribution in [3.8, 4) is 0 Å². The fourth-order valence-corrected chi connectivity index (χ4v) is 2.38. The monoisotopic (exact) mass is 272 g/mol. The maximum absolute atomic E-state index is 10.9. The lowest BCUT2D eigenvalue weighted by Crippen LogP contribution is -1.92. The van der Waals surface area contributed by atoms with E-state index in [0.717, 1.165) is 31.1 Å². The van der Waals surface area contributed by atoms with E-state index < -0.39 is 0 Å². The molecule has 0 saturated carbocycles. The Labute approximate surface area is 124 Å². The number of aryl methyl sites for hydroxylation is 1. The van der Waals surface area contributed by atoms with Gasteiger partial charge in [-0.1, -0.05) is 62.6 Å². The lowest BCUT2D eigenvalue weighted by molar-refractivity contribution is 0.112. The van der Waals surface area contributed by atoms with E-state index in [1.54, 1.807) is 0 Å². The Morgan fingerprint density at radius 1 is 0.900 bits per heavy atom. The van der Waals surface area contributed by atoms with Gasteiger partial charge in [-0.3, -0.25) is 4.79 Å². The van der Waals surface area contributed by atoms with Crippen molar-refractivity contribution in [2.24, 2.45) is 0 Å². The first-order chi connectivity index (χ1) is 9.88. The molecular formula is C19H28O. The highest BCUT2D eigenvalue weighted by molar-refractivity contribution is 5.77. The van der Waals surface area contributed by atoms with Crippen LogP contribution in [0.3, 0.4) is 0 Å². The zero-order valence-corrected chi connectivity index (χ0v) is 12.8. The van der Waals surface area contributed by atoms with Gasteiger partial charge in [0.25, 0.3) is 0 Å². The van der Waals surface area contributed by atoms with Gasteiger partial charge < -0.3 is 0 Å². The highest BCUT2D eigenvalue weighted by Gasteiger charge is 1.99. The van der Waals surface area contributed by atoms with Crippen molar-refractivity contribution >= 4 is 6.29 Å². The molecule has 0 unspecified atom stereocenters. The lowest BCUT2D eigenvalue weighted by atomic mass is 10.0. The molecule has 0 aliphatic carbocycles. The summed E-state index contributed by atoms with van der Waals surface area (Å²) in [7, 11) is 0. The van der Waals surface area contributed by atoms with E-state index in [1.807, 2.05) is 18.2 Å². The van der Waals surface area contributed by atoms with E-state index in [0.29, 0.717) is 0 Å². The van der Waals surface area contributed by atoms with E-state index in [9.17, 15) is 4.79 Å². The molecule has 1 aromatic rings. The van der Waals surface area contributed by atoms with Gasteiger partial charge in [0.05, 0.1) is 0 Å². The third kappa shape index (κ3) is 7.28. The Morgan fingerprint density at radius 3 is 2.30 bits per heavy atom. The van der Waals surface area contributed by atoms with Gasteiger partial charge in [0.1, 0.15) is 6.29 Å². The third-order valence-electron chi connectivity index (χ3n) is 3.64. The first-order valence-electron chi connectivity index (χ1n) is 8.06. The van der Waals surface area contributed by atoms with Crippen LogP contribution < -0.4 is 0 Å². The predicted molar refractivity (Wildman–Crippen MR) is 87.3 cm³/mol. The van der Waals surface area contributed by atoms with Crippen molar-refractivity contribution in [3.63, 3.8) is 0 Å². The summed E-state index contributed by atoms with van der Waals surface area (Å²) in [6.45, 7) is 2.25. The molecule has 0 amide bonds. The molecule has 1 rings (SSSR count). The summed E-state index contributed by atoms with van der Waals surface area (Å²) in [6.07, 6.45) is 16.8. The fraction of sp³-hybridized carbons (Fsp3) is 0.526. The Bertz CT molecular complexity index is 393. The van der Waals surface area contributed by atoms with Crippen LogP contribution in [0.4, 0.5) is 0 Å². The van der Waals surface area contributed by atoms with Crippen LogP contribution in [0.5, 0.6) is 0 Å². The van der Waals surface area contributed by atoms with Crippen LogP contribution in [0.15, 0.2) is 36.4 Å². The smallest absolute Gasteiger partial charge is 0.150 e. The standard InChI is InChI=1S/C19H28O/c1-2-3-4-5-6-7-8-9-10-11-14-18-15-12-13-16-19(18)17-20/h7-8,12-13,15-17H,2-6,9-11,14H2,1H3. The number of allylic oxidation sites excluding steroid dienone is 2. The maximum atomic E-state index is 10.9. The second-order valence-electron chi connectivity index (χ2n) is 5.38. The van der Waals surface area contributed by atoms with Crippen LogP contribution in [-0.2, 0) is 6.42 Å². The highest BCUT2D eigenvalue weighted by atomic mass is 16.1. The molecule has 0 fully saturated rings. The van der Waals surface area contributed by atoms with E-state index in [1.165, 1.54) is 44.1 Å². The fourth-order valence-electron chi connectivity index (χ4n) is 2.38. The summed E-state index contributed by atoms with van der Waals surface area (Å²) in [4.78, 5) is 10.9. The van der Waals surface area contributed by atoms with Gasteiger partial charge in [0.2, 0.25) is 0 Å². The largest absolute Gasteiger partial charge is 0.298 e. The number of hydrogen-bond donors (Lipinski definition) is 0. The maximum Gasteiger partial charge on any atom is 0.150 e.